The highest BCUT2D eigenvalue weighted by Gasteiger charge is 2.09. The van der Waals surface area contributed by atoms with E-state index in [1.54, 1.807) is 25.1 Å². The van der Waals surface area contributed by atoms with Crippen LogP contribution in [0.4, 0.5) is 11.5 Å². The zero-order valence-electron chi connectivity index (χ0n) is 12.5. The van der Waals surface area contributed by atoms with Gasteiger partial charge in [0.15, 0.2) is 17.3 Å². The number of benzene rings is 1. The lowest BCUT2D eigenvalue weighted by Gasteiger charge is -2.04. The van der Waals surface area contributed by atoms with E-state index in [4.69, 9.17) is 4.42 Å². The van der Waals surface area contributed by atoms with E-state index in [-0.39, 0.29) is 18.4 Å². The molecule has 2 amide bonds. The van der Waals surface area contributed by atoms with E-state index in [0.29, 0.717) is 28.5 Å². The molecule has 3 rings (SSSR count). The van der Waals surface area contributed by atoms with E-state index in [9.17, 15) is 9.59 Å². The summed E-state index contributed by atoms with van der Waals surface area (Å²) in [5.74, 6) is 0.312. The minimum absolute atomic E-state index is 0.0739. The number of aromatic nitrogens is 4. The van der Waals surface area contributed by atoms with Crippen molar-refractivity contribution >= 4 is 34.4 Å². The fourth-order valence-corrected chi connectivity index (χ4v) is 2.06. The lowest BCUT2D eigenvalue weighted by Crippen LogP contribution is -2.20. The van der Waals surface area contributed by atoms with Gasteiger partial charge >= 0.3 is 0 Å². The fraction of sp³-hybridized carbons (Fsp3) is 0.214. The summed E-state index contributed by atoms with van der Waals surface area (Å²) in [6.45, 7) is 3.05. The standard InChI is InChI=1S/C14H14N6O3/c1-8(21)16-13-6-15-20(19-13)7-14(22)18-10-3-4-12-11(5-10)17-9(2)23-12/h3-6H,7H2,1-2H3,(H,18,22)(H,16,19,21). The average molecular weight is 314 g/mol. The monoisotopic (exact) mass is 314 g/mol. The topological polar surface area (TPSA) is 115 Å². The van der Waals surface area contributed by atoms with Crippen LogP contribution in [0.3, 0.4) is 0 Å². The normalized spacial score (nSPS) is 10.7. The van der Waals surface area contributed by atoms with E-state index in [1.807, 2.05) is 0 Å². The van der Waals surface area contributed by atoms with Crippen LogP contribution in [-0.4, -0.2) is 31.8 Å². The molecular formula is C14H14N6O3. The Bertz CT molecular complexity index is 882. The van der Waals surface area contributed by atoms with Gasteiger partial charge in [0, 0.05) is 19.5 Å². The number of rotatable bonds is 4. The number of carbonyl (C=O) groups is 2. The number of anilines is 2. The van der Waals surface area contributed by atoms with Gasteiger partial charge in [-0.2, -0.15) is 9.90 Å². The highest BCUT2D eigenvalue weighted by Crippen LogP contribution is 2.19. The van der Waals surface area contributed by atoms with E-state index in [2.05, 4.69) is 25.8 Å². The van der Waals surface area contributed by atoms with E-state index in [0.717, 1.165) is 0 Å². The second-order valence-corrected chi connectivity index (χ2v) is 4.90. The lowest BCUT2D eigenvalue weighted by atomic mass is 10.3. The Kier molecular flexibility index (Phi) is 3.75. The van der Waals surface area contributed by atoms with Crippen molar-refractivity contribution in [2.45, 2.75) is 20.4 Å². The number of nitrogens with zero attached hydrogens (tertiary/aromatic N) is 4. The molecule has 0 aliphatic carbocycles. The first kappa shape index (κ1) is 14.7. The highest BCUT2D eigenvalue weighted by atomic mass is 16.3. The third-order valence-electron chi connectivity index (χ3n) is 2.90. The summed E-state index contributed by atoms with van der Waals surface area (Å²) in [6, 6.07) is 5.19. The molecule has 0 aliphatic heterocycles. The molecule has 0 radical (unpaired) electrons. The quantitative estimate of drug-likeness (QED) is 0.750. The van der Waals surface area contributed by atoms with Crippen LogP contribution in [0.5, 0.6) is 0 Å². The Morgan fingerprint density at radius 2 is 2.13 bits per heavy atom. The first-order valence-electron chi connectivity index (χ1n) is 6.84. The van der Waals surface area contributed by atoms with Gasteiger partial charge in [-0.15, -0.1) is 5.10 Å². The predicted molar refractivity (Wildman–Crippen MR) is 81.7 cm³/mol. The average Bonchev–Trinajstić information content (AvgIpc) is 3.03. The second-order valence-electron chi connectivity index (χ2n) is 4.90. The summed E-state index contributed by atoms with van der Waals surface area (Å²) in [6.07, 6.45) is 1.37. The first-order valence-corrected chi connectivity index (χ1v) is 6.84. The fourth-order valence-electron chi connectivity index (χ4n) is 2.06. The molecule has 0 bridgehead atoms. The van der Waals surface area contributed by atoms with Gasteiger partial charge < -0.3 is 15.1 Å². The van der Waals surface area contributed by atoms with Crippen LogP contribution in [-0.2, 0) is 16.1 Å². The summed E-state index contributed by atoms with van der Waals surface area (Å²) < 4.78 is 5.38. The Morgan fingerprint density at radius 3 is 2.91 bits per heavy atom. The molecule has 0 saturated carbocycles. The molecule has 2 N–H and O–H groups in total. The Hall–Kier alpha value is -3.23. The smallest absolute Gasteiger partial charge is 0.247 e. The summed E-state index contributed by atoms with van der Waals surface area (Å²) in [4.78, 5) is 28.3. The van der Waals surface area contributed by atoms with Crippen LogP contribution in [0.1, 0.15) is 12.8 Å². The number of hydrogen-bond donors (Lipinski definition) is 2. The number of oxazole rings is 1. The van der Waals surface area contributed by atoms with Crippen molar-refractivity contribution in [1.82, 2.24) is 20.0 Å². The molecule has 118 valence electrons. The molecule has 0 unspecified atom stereocenters. The molecule has 3 aromatic rings. The van der Waals surface area contributed by atoms with Crippen LogP contribution >= 0.6 is 0 Å². The summed E-state index contributed by atoms with van der Waals surface area (Å²) in [5, 5.41) is 13.1. The van der Waals surface area contributed by atoms with Crippen LogP contribution in [0, 0.1) is 6.92 Å². The Balaban J connectivity index is 1.65. The van der Waals surface area contributed by atoms with Crippen LogP contribution < -0.4 is 10.6 Å². The molecule has 0 aliphatic rings. The van der Waals surface area contributed by atoms with Crippen LogP contribution in [0.2, 0.25) is 0 Å². The molecule has 23 heavy (non-hydrogen) atoms. The molecule has 9 heteroatoms. The van der Waals surface area contributed by atoms with Gasteiger partial charge in [-0.1, -0.05) is 0 Å². The van der Waals surface area contributed by atoms with Gasteiger partial charge in [-0.05, 0) is 18.2 Å². The maximum absolute atomic E-state index is 12.0. The zero-order valence-corrected chi connectivity index (χ0v) is 12.5. The largest absolute Gasteiger partial charge is 0.441 e. The molecule has 1 aromatic carbocycles. The number of nitrogens with one attached hydrogen (secondary N) is 2. The number of carbonyl (C=O) groups excluding carboxylic acids is 2. The van der Waals surface area contributed by atoms with Crippen molar-refractivity contribution in [2.24, 2.45) is 0 Å². The SMILES string of the molecule is CC(=O)Nc1cnn(CC(=O)Nc2ccc3oc(C)nc3c2)n1. The van der Waals surface area contributed by atoms with Crippen molar-refractivity contribution in [1.29, 1.82) is 0 Å². The van der Waals surface area contributed by atoms with Crippen molar-refractivity contribution in [3.8, 4) is 0 Å². The number of aryl methyl sites for hydroxylation is 1. The maximum Gasteiger partial charge on any atom is 0.247 e. The van der Waals surface area contributed by atoms with Crippen molar-refractivity contribution in [3.63, 3.8) is 0 Å². The van der Waals surface area contributed by atoms with Gasteiger partial charge in [0.1, 0.15) is 12.1 Å². The molecule has 2 aromatic heterocycles. The summed E-state index contributed by atoms with van der Waals surface area (Å²) in [5.41, 5.74) is 1.93. The highest BCUT2D eigenvalue weighted by molar-refractivity contribution is 5.92. The van der Waals surface area contributed by atoms with Gasteiger partial charge in [-0.25, -0.2) is 4.98 Å². The van der Waals surface area contributed by atoms with E-state index >= 15 is 0 Å². The molecule has 9 nitrogen and oxygen atoms in total. The molecule has 0 fully saturated rings. The first-order chi connectivity index (χ1) is 11.0. The van der Waals surface area contributed by atoms with Crippen molar-refractivity contribution < 1.29 is 14.0 Å². The summed E-state index contributed by atoms with van der Waals surface area (Å²) in [7, 11) is 0. The van der Waals surface area contributed by atoms with E-state index in [1.165, 1.54) is 17.9 Å². The Morgan fingerprint density at radius 1 is 1.30 bits per heavy atom. The third kappa shape index (κ3) is 3.51. The number of fused-ring (bicyclic) bond motifs is 1. The van der Waals surface area contributed by atoms with Gasteiger partial charge in [0.05, 0.1) is 6.20 Å². The zero-order chi connectivity index (χ0) is 16.4. The predicted octanol–water partition coefficient (Wildman–Crippen LogP) is 1.32. The minimum Gasteiger partial charge on any atom is -0.441 e. The minimum atomic E-state index is -0.297. The molecule has 0 atom stereocenters. The molecule has 0 spiro atoms. The van der Waals surface area contributed by atoms with E-state index < -0.39 is 0 Å². The second kappa shape index (κ2) is 5.87. The van der Waals surface area contributed by atoms with Crippen LogP contribution in [0.15, 0.2) is 28.8 Å². The van der Waals surface area contributed by atoms with Crippen LogP contribution in [0.25, 0.3) is 11.1 Å². The van der Waals surface area contributed by atoms with Crippen molar-refractivity contribution in [2.75, 3.05) is 10.6 Å². The number of amides is 2. The Labute approximate surface area is 130 Å². The maximum atomic E-state index is 12.0. The number of hydrogen-bond acceptors (Lipinski definition) is 6. The van der Waals surface area contributed by atoms with Crippen molar-refractivity contribution in [3.05, 3.63) is 30.3 Å². The van der Waals surface area contributed by atoms with Gasteiger partial charge in [0.25, 0.3) is 0 Å². The molecule has 0 saturated heterocycles. The van der Waals surface area contributed by atoms with Gasteiger partial charge in [0.2, 0.25) is 11.8 Å². The molecular weight excluding hydrogens is 300 g/mol. The third-order valence-corrected chi connectivity index (χ3v) is 2.90. The van der Waals surface area contributed by atoms with Gasteiger partial charge in [-0.3, -0.25) is 9.59 Å². The molecule has 2 heterocycles. The summed E-state index contributed by atoms with van der Waals surface area (Å²) >= 11 is 0. The lowest BCUT2D eigenvalue weighted by molar-refractivity contribution is -0.117.